The third-order valence-corrected chi connectivity index (χ3v) is 2.56. The molecule has 0 saturated heterocycles. The number of urea groups is 1. The molecule has 0 saturated carbocycles. The molecule has 0 spiro atoms. The van der Waals surface area contributed by atoms with Crippen LogP contribution >= 0.6 is 0 Å². The van der Waals surface area contributed by atoms with Gasteiger partial charge >= 0.3 is 6.03 Å². The average Bonchev–Trinajstić information content (AvgIpc) is 2.25. The lowest BCUT2D eigenvalue weighted by atomic mass is 10.0. The van der Waals surface area contributed by atoms with Crippen molar-refractivity contribution < 1.29 is 4.79 Å². The fourth-order valence-electron chi connectivity index (χ4n) is 1.63. The minimum atomic E-state index is -0.449. The van der Waals surface area contributed by atoms with Gasteiger partial charge in [-0.15, -0.1) is 0 Å². The lowest BCUT2D eigenvalue weighted by molar-refractivity contribution is 0.248. The third kappa shape index (κ3) is 4.08. The van der Waals surface area contributed by atoms with E-state index in [1.54, 1.807) is 0 Å². The van der Waals surface area contributed by atoms with Crippen LogP contribution in [0.3, 0.4) is 0 Å². The van der Waals surface area contributed by atoms with Crippen LogP contribution < -0.4 is 16.4 Å². The second kappa shape index (κ2) is 6.05. The number of rotatable bonds is 4. The molecule has 0 fully saturated rings. The maximum Gasteiger partial charge on any atom is 0.319 e. The van der Waals surface area contributed by atoms with Crippen LogP contribution in [0, 0.1) is 18.3 Å². The predicted octanol–water partition coefficient (Wildman–Crippen LogP) is 2.08. The van der Waals surface area contributed by atoms with Crippen LogP contribution in [-0.2, 0) is 0 Å². The summed E-state index contributed by atoms with van der Waals surface area (Å²) in [5.74, 6) is 0.0372. The van der Waals surface area contributed by atoms with Gasteiger partial charge in [-0.3, -0.25) is 5.41 Å². The zero-order valence-corrected chi connectivity index (χ0v) is 10.9. The van der Waals surface area contributed by atoms with Gasteiger partial charge in [-0.25, -0.2) is 4.79 Å². The molecule has 0 aromatic heterocycles. The molecule has 1 rings (SSSR count). The monoisotopic (exact) mass is 248 g/mol. The number of amidine groups is 1. The van der Waals surface area contributed by atoms with Crippen LogP contribution in [0.2, 0.25) is 0 Å². The molecule has 0 aliphatic heterocycles. The van der Waals surface area contributed by atoms with Crippen LogP contribution in [0.1, 0.15) is 19.4 Å². The van der Waals surface area contributed by atoms with Gasteiger partial charge in [0.2, 0.25) is 0 Å². The van der Waals surface area contributed by atoms with Crippen molar-refractivity contribution in [2.45, 2.75) is 26.8 Å². The normalized spacial score (nSPS) is 12.0. The van der Waals surface area contributed by atoms with Crippen LogP contribution in [0.15, 0.2) is 24.3 Å². The summed E-state index contributed by atoms with van der Waals surface area (Å²) < 4.78 is 0. The fourth-order valence-corrected chi connectivity index (χ4v) is 1.63. The molecule has 0 bridgehead atoms. The predicted molar refractivity (Wildman–Crippen MR) is 73.9 cm³/mol. The minimum Gasteiger partial charge on any atom is -0.386 e. The number of benzene rings is 1. The summed E-state index contributed by atoms with van der Waals surface area (Å²) in [6.07, 6.45) is 0. The molecule has 1 aromatic carbocycles. The fraction of sp³-hybridized carbons (Fsp3) is 0.385. The van der Waals surface area contributed by atoms with Crippen LogP contribution in [0.25, 0.3) is 0 Å². The first-order valence-corrected chi connectivity index (χ1v) is 5.88. The molecule has 1 atom stereocenters. The van der Waals surface area contributed by atoms with Crippen molar-refractivity contribution in [2.24, 2.45) is 11.7 Å². The lowest BCUT2D eigenvalue weighted by Gasteiger charge is -2.21. The molecule has 18 heavy (non-hydrogen) atoms. The van der Waals surface area contributed by atoms with E-state index in [1.165, 1.54) is 0 Å². The first kappa shape index (κ1) is 14.0. The molecular weight excluding hydrogens is 228 g/mol. The molecule has 0 heterocycles. The highest BCUT2D eigenvalue weighted by Crippen LogP contribution is 2.09. The Morgan fingerprint density at radius 3 is 2.56 bits per heavy atom. The van der Waals surface area contributed by atoms with E-state index in [2.05, 4.69) is 10.6 Å². The number of aryl methyl sites for hydroxylation is 1. The Balaban J connectivity index is 2.63. The smallest absolute Gasteiger partial charge is 0.319 e. The van der Waals surface area contributed by atoms with E-state index in [4.69, 9.17) is 11.1 Å². The summed E-state index contributed by atoms with van der Waals surface area (Å²) in [5, 5.41) is 12.8. The molecule has 0 aliphatic rings. The van der Waals surface area contributed by atoms with Crippen molar-refractivity contribution in [3.8, 4) is 0 Å². The summed E-state index contributed by atoms with van der Waals surface area (Å²) in [5.41, 5.74) is 7.23. The Labute approximate surface area is 107 Å². The third-order valence-electron chi connectivity index (χ3n) is 2.56. The van der Waals surface area contributed by atoms with Crippen molar-refractivity contribution in [1.29, 1.82) is 5.41 Å². The topological polar surface area (TPSA) is 91.0 Å². The zero-order valence-electron chi connectivity index (χ0n) is 10.9. The highest BCUT2D eigenvalue weighted by atomic mass is 16.2. The summed E-state index contributed by atoms with van der Waals surface area (Å²) in [6, 6.07) is 6.71. The first-order valence-electron chi connectivity index (χ1n) is 5.88. The van der Waals surface area contributed by atoms with Crippen LogP contribution in [0.4, 0.5) is 10.5 Å². The largest absolute Gasteiger partial charge is 0.386 e. The van der Waals surface area contributed by atoms with Gasteiger partial charge in [0.25, 0.3) is 0 Å². The highest BCUT2D eigenvalue weighted by Gasteiger charge is 2.18. The molecule has 0 aliphatic carbocycles. The van der Waals surface area contributed by atoms with E-state index in [0.29, 0.717) is 0 Å². The van der Waals surface area contributed by atoms with Gasteiger partial charge in [-0.2, -0.15) is 0 Å². The number of hydrogen-bond donors (Lipinski definition) is 4. The minimum absolute atomic E-state index is 0.0376. The first-order chi connectivity index (χ1) is 8.40. The maximum absolute atomic E-state index is 11.8. The van der Waals surface area contributed by atoms with Crippen LogP contribution in [-0.4, -0.2) is 17.9 Å². The van der Waals surface area contributed by atoms with E-state index in [1.807, 2.05) is 45.0 Å². The molecule has 2 amide bonds. The van der Waals surface area contributed by atoms with E-state index < -0.39 is 6.04 Å². The quantitative estimate of drug-likeness (QED) is 0.485. The lowest BCUT2D eigenvalue weighted by Crippen LogP contribution is -2.48. The Morgan fingerprint density at radius 1 is 1.39 bits per heavy atom. The Hall–Kier alpha value is -2.04. The van der Waals surface area contributed by atoms with Crippen molar-refractivity contribution in [1.82, 2.24) is 5.32 Å². The number of carbonyl (C=O) groups is 1. The van der Waals surface area contributed by atoms with Gasteiger partial charge in [0.05, 0.1) is 6.04 Å². The molecular formula is C13H20N4O. The molecule has 0 radical (unpaired) electrons. The zero-order chi connectivity index (χ0) is 13.7. The van der Waals surface area contributed by atoms with E-state index in [0.717, 1.165) is 11.3 Å². The number of carbonyl (C=O) groups excluding carboxylic acids is 1. The molecule has 1 unspecified atom stereocenters. The average molecular weight is 248 g/mol. The maximum atomic E-state index is 11.8. The van der Waals surface area contributed by atoms with Crippen molar-refractivity contribution >= 4 is 17.6 Å². The van der Waals surface area contributed by atoms with Crippen LogP contribution in [0.5, 0.6) is 0 Å². The molecule has 5 heteroatoms. The SMILES string of the molecule is Cc1cccc(NC(=O)NC(C(=N)N)C(C)C)c1. The second-order valence-corrected chi connectivity index (χ2v) is 4.64. The van der Waals surface area contributed by atoms with Gasteiger partial charge in [-0.1, -0.05) is 26.0 Å². The van der Waals surface area contributed by atoms with Gasteiger partial charge in [0, 0.05) is 5.69 Å². The number of nitrogens with two attached hydrogens (primary N) is 1. The van der Waals surface area contributed by atoms with Crippen molar-refractivity contribution in [3.63, 3.8) is 0 Å². The van der Waals surface area contributed by atoms with Crippen molar-refractivity contribution in [3.05, 3.63) is 29.8 Å². The Morgan fingerprint density at radius 2 is 2.06 bits per heavy atom. The van der Waals surface area contributed by atoms with Crippen molar-refractivity contribution in [2.75, 3.05) is 5.32 Å². The number of hydrogen-bond acceptors (Lipinski definition) is 2. The Kier molecular flexibility index (Phi) is 4.71. The standard InChI is InChI=1S/C13H20N4O/c1-8(2)11(12(14)15)17-13(18)16-10-6-4-5-9(3)7-10/h4-8,11H,1-3H3,(H3,14,15)(H2,16,17,18). The molecule has 1 aromatic rings. The van der Waals surface area contributed by atoms with Gasteiger partial charge < -0.3 is 16.4 Å². The number of amides is 2. The molecule has 5 nitrogen and oxygen atoms in total. The highest BCUT2D eigenvalue weighted by molar-refractivity contribution is 5.94. The molecule has 5 N–H and O–H groups in total. The van der Waals surface area contributed by atoms with Gasteiger partial charge in [-0.05, 0) is 30.5 Å². The summed E-state index contributed by atoms with van der Waals surface area (Å²) in [6.45, 7) is 5.76. The van der Waals surface area contributed by atoms with E-state index >= 15 is 0 Å². The summed E-state index contributed by atoms with van der Waals surface area (Å²) in [7, 11) is 0. The Bertz CT molecular complexity index is 442. The second-order valence-electron chi connectivity index (χ2n) is 4.64. The molecule has 98 valence electrons. The summed E-state index contributed by atoms with van der Waals surface area (Å²) in [4.78, 5) is 11.8. The van der Waals surface area contributed by atoms with Gasteiger partial charge in [0.15, 0.2) is 0 Å². The van der Waals surface area contributed by atoms with E-state index in [9.17, 15) is 4.79 Å². The van der Waals surface area contributed by atoms with E-state index in [-0.39, 0.29) is 17.8 Å². The van der Waals surface area contributed by atoms with Gasteiger partial charge in [0.1, 0.15) is 5.84 Å². The summed E-state index contributed by atoms with van der Waals surface area (Å²) >= 11 is 0. The number of nitrogens with one attached hydrogen (secondary N) is 3. The number of anilines is 1.